The fourth-order valence-corrected chi connectivity index (χ4v) is 2.81. The van der Waals surface area contributed by atoms with E-state index in [1.165, 1.54) is 0 Å². The van der Waals surface area contributed by atoms with Crippen LogP contribution in [0.1, 0.15) is 42.5 Å². The van der Waals surface area contributed by atoms with Crippen molar-refractivity contribution in [3.8, 4) is 0 Å². The summed E-state index contributed by atoms with van der Waals surface area (Å²) < 4.78 is 0. The summed E-state index contributed by atoms with van der Waals surface area (Å²) in [5.41, 5.74) is 0.676. The van der Waals surface area contributed by atoms with Crippen molar-refractivity contribution in [2.45, 2.75) is 38.1 Å². The van der Waals surface area contributed by atoms with E-state index in [-0.39, 0.29) is 24.3 Å². The molecule has 0 aromatic carbocycles. The van der Waals surface area contributed by atoms with Gasteiger partial charge in [-0.05, 0) is 37.7 Å². The molecular formula is C14H20N2O3. The van der Waals surface area contributed by atoms with Crippen molar-refractivity contribution in [3.05, 3.63) is 24.0 Å². The van der Waals surface area contributed by atoms with E-state index < -0.39 is 5.97 Å². The molecule has 0 bridgehead atoms. The number of hydrogen-bond donors (Lipinski definition) is 2. The first-order valence-corrected chi connectivity index (χ1v) is 6.69. The quantitative estimate of drug-likeness (QED) is 0.874. The first-order valence-electron chi connectivity index (χ1n) is 6.69. The first-order chi connectivity index (χ1) is 9.08. The second-order valence-corrected chi connectivity index (χ2v) is 5.29. The number of nitrogens with zero attached hydrogens (tertiary/aromatic N) is 1. The van der Waals surface area contributed by atoms with E-state index in [1.807, 2.05) is 7.05 Å². The minimum Gasteiger partial charge on any atom is -0.481 e. The topological polar surface area (TPSA) is 73.4 Å². The summed E-state index contributed by atoms with van der Waals surface area (Å²) >= 11 is 0. The molecule has 1 aliphatic rings. The number of aromatic amines is 1. The molecule has 0 unspecified atom stereocenters. The highest BCUT2D eigenvalue weighted by Gasteiger charge is 2.28. The summed E-state index contributed by atoms with van der Waals surface area (Å²) in [5, 5.41) is 8.79. The van der Waals surface area contributed by atoms with Gasteiger partial charge in [0.15, 0.2) is 0 Å². The molecule has 5 nitrogen and oxygen atoms in total. The Bertz CT molecular complexity index is 434. The maximum Gasteiger partial charge on any atom is 0.303 e. The highest BCUT2D eigenvalue weighted by Crippen LogP contribution is 2.29. The molecule has 0 radical (unpaired) electrons. The van der Waals surface area contributed by atoms with E-state index in [0.717, 1.165) is 25.7 Å². The van der Waals surface area contributed by atoms with Crippen molar-refractivity contribution >= 4 is 11.9 Å². The third kappa shape index (κ3) is 3.36. The average Bonchev–Trinajstić information content (AvgIpc) is 2.91. The number of aliphatic carboxylic acids is 1. The predicted molar refractivity (Wildman–Crippen MR) is 70.9 cm³/mol. The van der Waals surface area contributed by atoms with Crippen LogP contribution in [0.25, 0.3) is 0 Å². The lowest BCUT2D eigenvalue weighted by Crippen LogP contribution is -2.39. The Morgan fingerprint density at radius 2 is 2.05 bits per heavy atom. The van der Waals surface area contributed by atoms with E-state index in [1.54, 1.807) is 23.4 Å². The number of nitrogens with one attached hydrogen (secondary N) is 1. The third-order valence-corrected chi connectivity index (χ3v) is 3.99. The van der Waals surface area contributed by atoms with Gasteiger partial charge in [0.05, 0.1) is 5.56 Å². The smallest absolute Gasteiger partial charge is 0.303 e. The molecule has 0 spiro atoms. The number of carboxylic acid groups (broad SMARTS) is 1. The molecular weight excluding hydrogens is 244 g/mol. The Balaban J connectivity index is 1.87. The highest BCUT2D eigenvalue weighted by molar-refractivity contribution is 5.94. The minimum atomic E-state index is -0.722. The van der Waals surface area contributed by atoms with Gasteiger partial charge in [0, 0.05) is 31.9 Å². The lowest BCUT2D eigenvalue weighted by atomic mass is 9.83. The van der Waals surface area contributed by atoms with Crippen LogP contribution >= 0.6 is 0 Å². The summed E-state index contributed by atoms with van der Waals surface area (Å²) in [4.78, 5) is 27.5. The van der Waals surface area contributed by atoms with Gasteiger partial charge >= 0.3 is 5.97 Å². The molecule has 0 aliphatic heterocycles. The van der Waals surface area contributed by atoms with Gasteiger partial charge in [0.2, 0.25) is 0 Å². The van der Waals surface area contributed by atoms with E-state index in [2.05, 4.69) is 4.98 Å². The highest BCUT2D eigenvalue weighted by atomic mass is 16.4. The van der Waals surface area contributed by atoms with Gasteiger partial charge in [-0.2, -0.15) is 0 Å². The van der Waals surface area contributed by atoms with Crippen LogP contribution < -0.4 is 0 Å². The van der Waals surface area contributed by atoms with Crippen LogP contribution in [0.15, 0.2) is 18.5 Å². The summed E-state index contributed by atoms with van der Waals surface area (Å²) in [5.74, 6) is -0.423. The summed E-state index contributed by atoms with van der Waals surface area (Å²) in [6.07, 6.45) is 7.26. The van der Waals surface area contributed by atoms with Crippen molar-refractivity contribution in [2.24, 2.45) is 5.92 Å². The van der Waals surface area contributed by atoms with Crippen LogP contribution in [0, 0.1) is 5.92 Å². The number of carboxylic acids is 1. The molecule has 5 heteroatoms. The number of carbonyl (C=O) groups excluding carboxylic acids is 1. The van der Waals surface area contributed by atoms with Crippen molar-refractivity contribution in [1.82, 2.24) is 9.88 Å². The molecule has 2 rings (SSSR count). The molecule has 0 saturated heterocycles. The van der Waals surface area contributed by atoms with Gasteiger partial charge in [-0.25, -0.2) is 0 Å². The van der Waals surface area contributed by atoms with Gasteiger partial charge < -0.3 is 15.0 Å². The van der Waals surface area contributed by atoms with Gasteiger partial charge in [0.25, 0.3) is 5.91 Å². The van der Waals surface area contributed by atoms with Gasteiger partial charge in [0.1, 0.15) is 0 Å². The third-order valence-electron chi connectivity index (χ3n) is 3.99. The molecule has 0 atom stereocenters. The Morgan fingerprint density at radius 3 is 2.58 bits per heavy atom. The predicted octanol–water partition coefficient (Wildman–Crippen LogP) is 2.12. The van der Waals surface area contributed by atoms with Crippen molar-refractivity contribution in [2.75, 3.05) is 7.05 Å². The minimum absolute atomic E-state index is 0.0305. The normalized spacial score (nSPS) is 23.0. The zero-order valence-corrected chi connectivity index (χ0v) is 11.1. The zero-order valence-electron chi connectivity index (χ0n) is 11.1. The molecule has 1 fully saturated rings. The fourth-order valence-electron chi connectivity index (χ4n) is 2.81. The molecule has 2 N–H and O–H groups in total. The van der Waals surface area contributed by atoms with Crippen LogP contribution in [0.2, 0.25) is 0 Å². The molecule has 1 aromatic heterocycles. The number of carbonyl (C=O) groups is 2. The Hall–Kier alpha value is -1.78. The van der Waals surface area contributed by atoms with Crippen LogP contribution in [-0.4, -0.2) is 40.0 Å². The number of amides is 1. The molecule has 1 amide bonds. The van der Waals surface area contributed by atoms with Crippen molar-refractivity contribution in [3.63, 3.8) is 0 Å². The van der Waals surface area contributed by atoms with Gasteiger partial charge in [-0.15, -0.1) is 0 Å². The molecule has 1 saturated carbocycles. The second kappa shape index (κ2) is 5.91. The number of aromatic nitrogens is 1. The van der Waals surface area contributed by atoms with Gasteiger partial charge in [-0.3, -0.25) is 9.59 Å². The van der Waals surface area contributed by atoms with E-state index in [4.69, 9.17) is 5.11 Å². The summed E-state index contributed by atoms with van der Waals surface area (Å²) in [7, 11) is 1.83. The number of hydrogen-bond acceptors (Lipinski definition) is 2. The monoisotopic (exact) mass is 264 g/mol. The van der Waals surface area contributed by atoms with E-state index in [9.17, 15) is 9.59 Å². The lowest BCUT2D eigenvalue weighted by molar-refractivity contribution is -0.138. The molecule has 1 heterocycles. The first kappa shape index (κ1) is 13.6. The standard InChI is InChI=1S/C14H20N2O3/c1-16(14(19)11-6-7-15-9-11)12-4-2-10(3-5-12)8-13(17)18/h6-7,9-10,12,15H,2-5,8H2,1H3,(H,17,18). The summed E-state index contributed by atoms with van der Waals surface area (Å²) in [6, 6.07) is 2.00. The SMILES string of the molecule is CN(C(=O)c1cc[nH]c1)C1CCC(CC(=O)O)CC1. The van der Waals surface area contributed by atoms with Crippen LogP contribution in [0.5, 0.6) is 0 Å². The van der Waals surface area contributed by atoms with E-state index >= 15 is 0 Å². The maximum absolute atomic E-state index is 12.2. The molecule has 19 heavy (non-hydrogen) atoms. The zero-order chi connectivity index (χ0) is 13.8. The summed E-state index contributed by atoms with van der Waals surface area (Å²) in [6.45, 7) is 0. The van der Waals surface area contributed by atoms with Crippen LogP contribution in [0.3, 0.4) is 0 Å². The number of rotatable bonds is 4. The molecule has 1 aliphatic carbocycles. The van der Waals surface area contributed by atoms with Crippen LogP contribution in [0.4, 0.5) is 0 Å². The second-order valence-electron chi connectivity index (χ2n) is 5.29. The maximum atomic E-state index is 12.2. The molecule has 1 aromatic rings. The number of H-pyrrole nitrogens is 1. The molecule has 104 valence electrons. The Morgan fingerprint density at radius 1 is 1.37 bits per heavy atom. The van der Waals surface area contributed by atoms with Crippen molar-refractivity contribution in [1.29, 1.82) is 0 Å². The van der Waals surface area contributed by atoms with Crippen molar-refractivity contribution < 1.29 is 14.7 Å². The Labute approximate surface area is 112 Å². The van der Waals surface area contributed by atoms with E-state index in [0.29, 0.717) is 5.56 Å². The Kier molecular flexibility index (Phi) is 4.24. The lowest BCUT2D eigenvalue weighted by Gasteiger charge is -2.34. The average molecular weight is 264 g/mol. The van der Waals surface area contributed by atoms with Crippen LogP contribution in [-0.2, 0) is 4.79 Å². The van der Waals surface area contributed by atoms with Gasteiger partial charge in [-0.1, -0.05) is 0 Å². The largest absolute Gasteiger partial charge is 0.481 e. The fraction of sp³-hybridized carbons (Fsp3) is 0.571.